The van der Waals surface area contributed by atoms with E-state index in [1.54, 1.807) is 0 Å². The van der Waals surface area contributed by atoms with Gasteiger partial charge in [0.2, 0.25) is 0 Å². The molecule has 1 atom stereocenters. The van der Waals surface area contributed by atoms with Crippen LogP contribution in [0.1, 0.15) is 40.5 Å². The van der Waals surface area contributed by atoms with E-state index in [0.29, 0.717) is 24.0 Å². The molecule has 0 bridgehead atoms. The van der Waals surface area contributed by atoms with Gasteiger partial charge in [0.25, 0.3) is 0 Å². The smallest absolute Gasteiger partial charge is 0.151 e. The van der Waals surface area contributed by atoms with Crippen molar-refractivity contribution in [2.45, 2.75) is 40.5 Å². The Bertz CT molecular complexity index is 381. The van der Waals surface area contributed by atoms with Crippen LogP contribution in [0.3, 0.4) is 0 Å². The van der Waals surface area contributed by atoms with Crippen LogP contribution in [0.4, 0.5) is 0 Å². The van der Waals surface area contributed by atoms with Gasteiger partial charge in [-0.05, 0) is 37.3 Å². The van der Waals surface area contributed by atoms with E-state index in [2.05, 4.69) is 37.9 Å². The zero-order chi connectivity index (χ0) is 15.2. The van der Waals surface area contributed by atoms with Crippen LogP contribution >= 0.6 is 0 Å². The molecule has 1 aliphatic heterocycles. The van der Waals surface area contributed by atoms with E-state index in [1.807, 2.05) is 0 Å². The molecule has 1 fully saturated rings. The lowest BCUT2D eigenvalue weighted by Gasteiger charge is -2.34. The summed E-state index contributed by atoms with van der Waals surface area (Å²) in [6, 6.07) is 0. The highest BCUT2D eigenvalue weighted by Gasteiger charge is 2.27. The van der Waals surface area contributed by atoms with Crippen LogP contribution in [0.15, 0.2) is 0 Å². The van der Waals surface area contributed by atoms with E-state index in [1.165, 1.54) is 0 Å². The molecule has 1 aliphatic rings. The standard InChI is InChI=1S/C15H32N2O2S/c1-5-15(4,12-16-11-14(2)3)13-17-7-6-9-20(18,19)10-8-17/h14,16H,5-13H2,1-4H3. The summed E-state index contributed by atoms with van der Waals surface area (Å²) in [6.45, 7) is 13.6. The first-order valence-electron chi connectivity index (χ1n) is 7.90. The second-order valence-corrected chi connectivity index (χ2v) is 9.27. The lowest BCUT2D eigenvalue weighted by Crippen LogP contribution is -2.43. The Morgan fingerprint density at radius 1 is 1.25 bits per heavy atom. The minimum atomic E-state index is -2.80. The van der Waals surface area contributed by atoms with Crippen LogP contribution in [-0.4, -0.2) is 57.5 Å². The van der Waals surface area contributed by atoms with Gasteiger partial charge in [0.1, 0.15) is 0 Å². The summed E-state index contributed by atoms with van der Waals surface area (Å²) < 4.78 is 23.3. The monoisotopic (exact) mass is 304 g/mol. The number of hydrogen-bond acceptors (Lipinski definition) is 4. The minimum absolute atomic E-state index is 0.225. The summed E-state index contributed by atoms with van der Waals surface area (Å²) in [5.41, 5.74) is 0.225. The van der Waals surface area contributed by atoms with Crippen LogP contribution in [0, 0.1) is 11.3 Å². The maximum Gasteiger partial charge on any atom is 0.151 e. The van der Waals surface area contributed by atoms with Gasteiger partial charge in [0.05, 0.1) is 11.5 Å². The van der Waals surface area contributed by atoms with Crippen molar-refractivity contribution in [1.29, 1.82) is 0 Å². The third-order valence-corrected chi connectivity index (χ3v) is 5.93. The normalized spacial score (nSPS) is 23.4. The Balaban J connectivity index is 2.49. The highest BCUT2D eigenvalue weighted by atomic mass is 32.2. The maximum absolute atomic E-state index is 11.7. The molecule has 4 nitrogen and oxygen atoms in total. The lowest BCUT2D eigenvalue weighted by molar-refractivity contribution is 0.162. The van der Waals surface area contributed by atoms with Crippen molar-refractivity contribution >= 4 is 9.84 Å². The molecule has 1 saturated heterocycles. The molecular formula is C15H32N2O2S. The minimum Gasteiger partial charge on any atom is -0.316 e. The lowest BCUT2D eigenvalue weighted by atomic mass is 9.86. The zero-order valence-electron chi connectivity index (χ0n) is 13.6. The van der Waals surface area contributed by atoms with Crippen LogP contribution in [0.5, 0.6) is 0 Å². The summed E-state index contributed by atoms with van der Waals surface area (Å²) in [5.74, 6) is 1.35. The molecule has 1 heterocycles. The summed E-state index contributed by atoms with van der Waals surface area (Å²) in [5, 5.41) is 3.55. The molecule has 120 valence electrons. The molecule has 0 aliphatic carbocycles. The van der Waals surface area contributed by atoms with Gasteiger partial charge in [-0.25, -0.2) is 8.42 Å². The summed E-state index contributed by atoms with van der Waals surface area (Å²) >= 11 is 0. The number of nitrogens with one attached hydrogen (secondary N) is 1. The first-order chi connectivity index (χ1) is 9.26. The van der Waals surface area contributed by atoms with Crippen molar-refractivity contribution in [2.75, 3.05) is 44.2 Å². The van der Waals surface area contributed by atoms with E-state index in [-0.39, 0.29) is 5.41 Å². The molecule has 0 spiro atoms. The van der Waals surface area contributed by atoms with Gasteiger partial charge in [-0.15, -0.1) is 0 Å². The fourth-order valence-electron chi connectivity index (χ4n) is 2.64. The third-order valence-electron chi connectivity index (χ3n) is 4.21. The Kier molecular flexibility index (Phi) is 6.95. The van der Waals surface area contributed by atoms with Crippen LogP contribution in [0.25, 0.3) is 0 Å². The van der Waals surface area contributed by atoms with E-state index >= 15 is 0 Å². The first-order valence-corrected chi connectivity index (χ1v) is 9.72. The van der Waals surface area contributed by atoms with E-state index in [4.69, 9.17) is 0 Å². The molecule has 0 radical (unpaired) electrons. The van der Waals surface area contributed by atoms with Crippen molar-refractivity contribution in [3.63, 3.8) is 0 Å². The molecule has 5 heteroatoms. The molecule has 0 amide bonds. The molecule has 0 aromatic heterocycles. The molecular weight excluding hydrogens is 272 g/mol. The zero-order valence-corrected chi connectivity index (χ0v) is 14.4. The topological polar surface area (TPSA) is 49.4 Å². The van der Waals surface area contributed by atoms with Crippen molar-refractivity contribution < 1.29 is 8.42 Å². The molecule has 0 aromatic rings. The maximum atomic E-state index is 11.7. The van der Waals surface area contributed by atoms with Crippen molar-refractivity contribution in [3.8, 4) is 0 Å². The summed E-state index contributed by atoms with van der Waals surface area (Å²) in [4.78, 5) is 2.34. The SMILES string of the molecule is CCC(C)(CNCC(C)C)CN1CCCS(=O)(=O)CC1. The number of nitrogens with zero attached hydrogens (tertiary/aromatic N) is 1. The molecule has 1 N–H and O–H groups in total. The van der Waals surface area contributed by atoms with Gasteiger partial charge in [0.15, 0.2) is 9.84 Å². The first kappa shape index (κ1) is 17.9. The van der Waals surface area contributed by atoms with E-state index < -0.39 is 9.84 Å². The Hall–Kier alpha value is -0.130. The van der Waals surface area contributed by atoms with Gasteiger partial charge in [-0.2, -0.15) is 0 Å². The van der Waals surface area contributed by atoms with Gasteiger partial charge in [-0.1, -0.05) is 27.7 Å². The highest BCUT2D eigenvalue weighted by molar-refractivity contribution is 7.91. The quantitative estimate of drug-likeness (QED) is 0.779. The Labute approximate surface area is 125 Å². The molecule has 0 saturated carbocycles. The van der Waals surface area contributed by atoms with Crippen molar-refractivity contribution in [3.05, 3.63) is 0 Å². The Morgan fingerprint density at radius 3 is 2.55 bits per heavy atom. The Morgan fingerprint density at radius 2 is 1.95 bits per heavy atom. The molecule has 1 rings (SSSR count). The predicted octanol–water partition coefficient (Wildman–Crippen LogP) is 1.77. The van der Waals surface area contributed by atoms with E-state index in [9.17, 15) is 8.42 Å². The number of hydrogen-bond donors (Lipinski definition) is 1. The summed E-state index contributed by atoms with van der Waals surface area (Å²) in [6.07, 6.45) is 1.89. The van der Waals surface area contributed by atoms with Crippen LogP contribution < -0.4 is 5.32 Å². The highest BCUT2D eigenvalue weighted by Crippen LogP contribution is 2.22. The molecule has 1 unspecified atom stereocenters. The number of rotatable bonds is 7. The van der Waals surface area contributed by atoms with Crippen molar-refractivity contribution in [1.82, 2.24) is 10.2 Å². The number of sulfone groups is 1. The van der Waals surface area contributed by atoms with Gasteiger partial charge in [0, 0.05) is 19.6 Å². The molecule has 20 heavy (non-hydrogen) atoms. The average Bonchev–Trinajstić information content (AvgIpc) is 2.50. The third kappa shape index (κ3) is 6.55. The molecule has 0 aromatic carbocycles. The van der Waals surface area contributed by atoms with Crippen LogP contribution in [0.2, 0.25) is 0 Å². The predicted molar refractivity (Wildman–Crippen MR) is 85.8 cm³/mol. The average molecular weight is 305 g/mol. The fraction of sp³-hybridized carbons (Fsp3) is 1.00. The largest absolute Gasteiger partial charge is 0.316 e. The van der Waals surface area contributed by atoms with Crippen LogP contribution in [-0.2, 0) is 9.84 Å². The fourth-order valence-corrected chi connectivity index (χ4v) is 3.95. The second kappa shape index (κ2) is 7.76. The van der Waals surface area contributed by atoms with Gasteiger partial charge in [-0.3, -0.25) is 0 Å². The van der Waals surface area contributed by atoms with E-state index in [0.717, 1.165) is 39.0 Å². The summed E-state index contributed by atoms with van der Waals surface area (Å²) in [7, 11) is -2.80. The van der Waals surface area contributed by atoms with Crippen molar-refractivity contribution in [2.24, 2.45) is 11.3 Å². The second-order valence-electron chi connectivity index (χ2n) is 6.97. The van der Waals surface area contributed by atoms with Gasteiger partial charge >= 0.3 is 0 Å². The van der Waals surface area contributed by atoms with Gasteiger partial charge < -0.3 is 10.2 Å².